The lowest BCUT2D eigenvalue weighted by atomic mass is 10.2. The lowest BCUT2D eigenvalue weighted by molar-refractivity contribution is 1.000. The number of hydrogen-bond acceptors (Lipinski definition) is 3. The highest BCUT2D eigenvalue weighted by molar-refractivity contribution is 9.10. The molecule has 0 spiro atoms. The Hall–Kier alpha value is -0.740. The molecule has 2 heterocycles. The second-order valence-electron chi connectivity index (χ2n) is 2.63. The van der Waals surface area contributed by atoms with E-state index in [2.05, 4.69) is 31.1 Å². The number of hydrogen-bond donors (Lipinski definition) is 0. The van der Waals surface area contributed by atoms with Crippen molar-refractivity contribution in [3.05, 3.63) is 27.7 Å². The van der Waals surface area contributed by atoms with Crippen molar-refractivity contribution in [2.45, 2.75) is 6.92 Å². The average molecular weight is 259 g/mol. The van der Waals surface area contributed by atoms with E-state index >= 15 is 0 Å². The largest absolute Gasteiger partial charge is 0.249 e. The normalized spacial score (nSPS) is 10.7. The fourth-order valence-electron chi connectivity index (χ4n) is 1.12. The Kier molecular flexibility index (Phi) is 2.17. The third-order valence-corrected chi connectivity index (χ3v) is 2.48. The number of aryl methyl sites for hydroxylation is 1. The molecule has 0 aliphatic rings. The van der Waals surface area contributed by atoms with Gasteiger partial charge in [-0.05, 0) is 28.9 Å². The Balaban J connectivity index is 2.92. The number of fused-ring (bicyclic) bond motifs is 1. The van der Waals surface area contributed by atoms with Gasteiger partial charge in [0.25, 0.3) is 0 Å². The van der Waals surface area contributed by atoms with E-state index in [-0.39, 0.29) is 0 Å². The molecular weight excluding hydrogens is 253 g/mol. The highest BCUT2D eigenvalue weighted by Crippen LogP contribution is 2.23. The second kappa shape index (κ2) is 3.20. The van der Waals surface area contributed by atoms with Crippen molar-refractivity contribution in [3.8, 4) is 0 Å². The van der Waals surface area contributed by atoms with Crippen LogP contribution in [-0.2, 0) is 0 Å². The van der Waals surface area contributed by atoms with Crippen LogP contribution in [0.1, 0.15) is 5.69 Å². The molecule has 5 heteroatoms. The van der Waals surface area contributed by atoms with Gasteiger partial charge in [0.05, 0.1) is 5.69 Å². The first-order valence-electron chi connectivity index (χ1n) is 3.62. The summed E-state index contributed by atoms with van der Waals surface area (Å²) < 4.78 is 0.745. The lowest BCUT2D eigenvalue weighted by Crippen LogP contribution is -1.91. The van der Waals surface area contributed by atoms with Crippen LogP contribution in [0.4, 0.5) is 0 Å². The van der Waals surface area contributed by atoms with Crippen molar-refractivity contribution in [1.29, 1.82) is 0 Å². The van der Waals surface area contributed by atoms with Crippen LogP contribution >= 0.6 is 27.5 Å². The van der Waals surface area contributed by atoms with Gasteiger partial charge in [0.2, 0.25) is 0 Å². The van der Waals surface area contributed by atoms with Crippen molar-refractivity contribution in [2.75, 3.05) is 0 Å². The van der Waals surface area contributed by atoms with Crippen LogP contribution in [0, 0.1) is 6.92 Å². The van der Waals surface area contributed by atoms with Gasteiger partial charge in [-0.2, -0.15) is 5.10 Å². The monoisotopic (exact) mass is 257 g/mol. The summed E-state index contributed by atoms with van der Waals surface area (Å²) in [6.07, 6.45) is 1.73. The SMILES string of the molecule is Cc1nnc(Cl)c2cc(Br)ncc12. The molecule has 2 aromatic heterocycles. The molecule has 0 fully saturated rings. The van der Waals surface area contributed by atoms with Gasteiger partial charge in [0.1, 0.15) is 4.60 Å². The minimum absolute atomic E-state index is 0.406. The van der Waals surface area contributed by atoms with Crippen molar-refractivity contribution in [1.82, 2.24) is 15.2 Å². The molecule has 0 unspecified atom stereocenters. The molecule has 0 atom stereocenters. The van der Waals surface area contributed by atoms with E-state index in [0.29, 0.717) is 5.15 Å². The van der Waals surface area contributed by atoms with E-state index in [1.54, 1.807) is 6.20 Å². The summed E-state index contributed by atoms with van der Waals surface area (Å²) >= 11 is 9.15. The summed E-state index contributed by atoms with van der Waals surface area (Å²) in [6.45, 7) is 1.88. The van der Waals surface area contributed by atoms with Gasteiger partial charge < -0.3 is 0 Å². The smallest absolute Gasteiger partial charge is 0.159 e. The van der Waals surface area contributed by atoms with Gasteiger partial charge >= 0.3 is 0 Å². The molecule has 2 aromatic rings. The van der Waals surface area contributed by atoms with Crippen LogP contribution in [-0.4, -0.2) is 15.2 Å². The van der Waals surface area contributed by atoms with E-state index in [1.165, 1.54) is 0 Å². The molecule has 0 N–H and O–H groups in total. The third kappa shape index (κ3) is 1.51. The van der Waals surface area contributed by atoms with Crippen LogP contribution in [0.25, 0.3) is 10.8 Å². The number of halogens is 2. The van der Waals surface area contributed by atoms with Crippen LogP contribution < -0.4 is 0 Å². The lowest BCUT2D eigenvalue weighted by Gasteiger charge is -2.01. The number of pyridine rings is 1. The van der Waals surface area contributed by atoms with Gasteiger partial charge in [-0.15, -0.1) is 5.10 Å². The molecule has 0 saturated heterocycles. The first-order valence-corrected chi connectivity index (χ1v) is 4.79. The van der Waals surface area contributed by atoms with E-state index in [4.69, 9.17) is 11.6 Å². The van der Waals surface area contributed by atoms with E-state index in [0.717, 1.165) is 21.1 Å². The summed E-state index contributed by atoms with van der Waals surface area (Å²) in [4.78, 5) is 4.10. The summed E-state index contributed by atoms with van der Waals surface area (Å²) in [5.74, 6) is 0. The Morgan fingerprint density at radius 1 is 1.31 bits per heavy atom. The standard InChI is InChI=1S/C8H5BrClN3/c1-4-6-3-11-7(9)2-5(6)8(10)13-12-4/h2-3H,1H3. The van der Waals surface area contributed by atoms with Crippen LogP contribution in [0.5, 0.6) is 0 Å². The maximum absolute atomic E-state index is 5.88. The van der Waals surface area contributed by atoms with Crippen LogP contribution in [0.2, 0.25) is 5.15 Å². The van der Waals surface area contributed by atoms with Crippen LogP contribution in [0.3, 0.4) is 0 Å². The first-order chi connectivity index (χ1) is 6.18. The van der Waals surface area contributed by atoms with Gasteiger partial charge in [0, 0.05) is 17.0 Å². The third-order valence-electron chi connectivity index (χ3n) is 1.77. The molecule has 0 aliphatic heterocycles. The van der Waals surface area contributed by atoms with Crippen molar-refractivity contribution < 1.29 is 0 Å². The molecule has 0 radical (unpaired) electrons. The van der Waals surface area contributed by atoms with Crippen molar-refractivity contribution >= 4 is 38.3 Å². The zero-order chi connectivity index (χ0) is 9.42. The van der Waals surface area contributed by atoms with E-state index in [9.17, 15) is 0 Å². The Morgan fingerprint density at radius 3 is 2.85 bits per heavy atom. The van der Waals surface area contributed by atoms with Crippen molar-refractivity contribution in [3.63, 3.8) is 0 Å². The molecule has 2 rings (SSSR count). The fraction of sp³-hybridized carbons (Fsp3) is 0.125. The predicted octanol–water partition coefficient (Wildman–Crippen LogP) is 2.75. The highest BCUT2D eigenvalue weighted by Gasteiger charge is 2.05. The highest BCUT2D eigenvalue weighted by atomic mass is 79.9. The Bertz CT molecular complexity index is 472. The van der Waals surface area contributed by atoms with Gasteiger partial charge in [0.15, 0.2) is 5.15 Å². The predicted molar refractivity (Wildman–Crippen MR) is 54.8 cm³/mol. The summed E-state index contributed by atoms with van der Waals surface area (Å²) in [6, 6.07) is 1.83. The number of rotatable bonds is 0. The number of nitrogens with zero attached hydrogens (tertiary/aromatic N) is 3. The summed E-state index contributed by atoms with van der Waals surface area (Å²) in [5, 5.41) is 9.93. The average Bonchev–Trinajstić information content (AvgIpc) is 2.12. The maximum atomic E-state index is 5.88. The first kappa shape index (κ1) is 8.84. The maximum Gasteiger partial charge on any atom is 0.159 e. The van der Waals surface area contributed by atoms with E-state index < -0.39 is 0 Å². The zero-order valence-electron chi connectivity index (χ0n) is 6.75. The fourth-order valence-corrected chi connectivity index (χ4v) is 1.64. The molecule has 0 amide bonds. The summed E-state index contributed by atoms with van der Waals surface area (Å²) in [5.41, 5.74) is 0.833. The Morgan fingerprint density at radius 2 is 2.08 bits per heavy atom. The van der Waals surface area contributed by atoms with Crippen molar-refractivity contribution in [2.24, 2.45) is 0 Å². The topological polar surface area (TPSA) is 38.7 Å². The molecule has 3 nitrogen and oxygen atoms in total. The minimum atomic E-state index is 0.406. The number of aromatic nitrogens is 3. The van der Waals surface area contributed by atoms with Crippen LogP contribution in [0.15, 0.2) is 16.9 Å². The summed E-state index contributed by atoms with van der Waals surface area (Å²) in [7, 11) is 0. The van der Waals surface area contributed by atoms with E-state index in [1.807, 2.05) is 13.0 Å². The molecule has 0 bridgehead atoms. The molecule has 0 aromatic carbocycles. The molecule has 13 heavy (non-hydrogen) atoms. The zero-order valence-corrected chi connectivity index (χ0v) is 9.09. The molecular formula is C8H5BrClN3. The van der Waals surface area contributed by atoms with Gasteiger partial charge in [-0.1, -0.05) is 11.6 Å². The molecule has 0 aliphatic carbocycles. The quantitative estimate of drug-likeness (QED) is 0.682. The second-order valence-corrected chi connectivity index (χ2v) is 3.80. The molecule has 0 saturated carbocycles. The van der Waals surface area contributed by atoms with Gasteiger partial charge in [-0.3, -0.25) is 0 Å². The van der Waals surface area contributed by atoms with Gasteiger partial charge in [-0.25, -0.2) is 4.98 Å². The minimum Gasteiger partial charge on any atom is -0.249 e. The Labute approximate surface area is 88.3 Å². The molecule has 66 valence electrons.